The Morgan fingerprint density at radius 1 is 1.10 bits per heavy atom. The smallest absolute Gasteiger partial charge is 0.115 e. The monoisotopic (exact) mass is 314 g/mol. The van der Waals surface area contributed by atoms with E-state index in [4.69, 9.17) is 17.3 Å². The van der Waals surface area contributed by atoms with Crippen molar-refractivity contribution in [3.63, 3.8) is 0 Å². The number of nitrogens with zero attached hydrogens (tertiary/aromatic N) is 1. The zero-order valence-corrected chi connectivity index (χ0v) is 13.2. The lowest BCUT2D eigenvalue weighted by Gasteiger charge is -2.11. The Kier molecular flexibility index (Phi) is 4.06. The molecular formula is C17H15ClN2S. The second-order valence-electron chi connectivity index (χ2n) is 4.91. The molecule has 0 aliphatic rings. The van der Waals surface area contributed by atoms with E-state index in [1.54, 1.807) is 11.3 Å². The molecule has 0 radical (unpaired) electrons. The molecule has 0 saturated carbocycles. The summed E-state index contributed by atoms with van der Waals surface area (Å²) in [5, 5.41) is 3.69. The van der Waals surface area contributed by atoms with Crippen LogP contribution in [0.25, 0.3) is 11.3 Å². The third kappa shape index (κ3) is 3.00. The maximum absolute atomic E-state index is 6.36. The van der Waals surface area contributed by atoms with Gasteiger partial charge in [-0.15, -0.1) is 11.3 Å². The molecule has 1 unspecified atom stereocenters. The Morgan fingerprint density at radius 3 is 2.52 bits per heavy atom. The van der Waals surface area contributed by atoms with Gasteiger partial charge in [-0.25, -0.2) is 4.98 Å². The molecule has 0 fully saturated rings. The van der Waals surface area contributed by atoms with Crippen LogP contribution in [0, 0.1) is 6.92 Å². The highest BCUT2D eigenvalue weighted by Crippen LogP contribution is 2.29. The topological polar surface area (TPSA) is 38.9 Å². The number of aromatic nitrogens is 1. The van der Waals surface area contributed by atoms with Crippen LogP contribution in [-0.2, 0) is 0 Å². The van der Waals surface area contributed by atoms with Gasteiger partial charge in [0.1, 0.15) is 5.01 Å². The summed E-state index contributed by atoms with van der Waals surface area (Å²) < 4.78 is 0. The van der Waals surface area contributed by atoms with Gasteiger partial charge in [0.05, 0.1) is 11.7 Å². The molecule has 3 aromatic rings. The normalized spacial score (nSPS) is 12.3. The molecule has 2 nitrogen and oxygen atoms in total. The first-order chi connectivity index (χ1) is 10.1. The van der Waals surface area contributed by atoms with Crippen molar-refractivity contribution >= 4 is 22.9 Å². The fraction of sp³-hybridized carbons (Fsp3) is 0.118. The third-order valence-corrected chi connectivity index (χ3v) is 4.63. The first-order valence-corrected chi connectivity index (χ1v) is 7.93. The summed E-state index contributed by atoms with van der Waals surface area (Å²) in [6, 6.07) is 15.7. The summed E-state index contributed by atoms with van der Waals surface area (Å²) >= 11 is 7.51. The highest BCUT2D eigenvalue weighted by molar-refractivity contribution is 7.10. The minimum Gasteiger partial charge on any atom is -0.318 e. The Hall–Kier alpha value is -1.68. The van der Waals surface area contributed by atoms with Gasteiger partial charge in [-0.1, -0.05) is 48.0 Å². The fourth-order valence-electron chi connectivity index (χ4n) is 2.25. The van der Waals surface area contributed by atoms with Gasteiger partial charge in [-0.05, 0) is 30.2 Å². The molecule has 0 bridgehead atoms. The number of hydrogen-bond acceptors (Lipinski definition) is 3. The molecule has 0 aliphatic carbocycles. The van der Waals surface area contributed by atoms with E-state index in [0.717, 1.165) is 26.9 Å². The molecule has 0 spiro atoms. The van der Waals surface area contributed by atoms with Crippen molar-refractivity contribution in [3.05, 3.63) is 75.1 Å². The Morgan fingerprint density at radius 2 is 1.81 bits per heavy atom. The van der Waals surface area contributed by atoms with Crippen LogP contribution in [-0.4, -0.2) is 4.98 Å². The summed E-state index contributed by atoms with van der Waals surface area (Å²) in [5.74, 6) is 0. The molecule has 2 N–H and O–H groups in total. The molecule has 1 atom stereocenters. The van der Waals surface area contributed by atoms with Crippen molar-refractivity contribution in [2.45, 2.75) is 13.0 Å². The lowest BCUT2D eigenvalue weighted by molar-refractivity contribution is 0.850. The number of hydrogen-bond donors (Lipinski definition) is 1. The van der Waals surface area contributed by atoms with E-state index in [1.165, 1.54) is 5.56 Å². The van der Waals surface area contributed by atoms with Gasteiger partial charge < -0.3 is 5.73 Å². The third-order valence-electron chi connectivity index (χ3n) is 3.45. The average molecular weight is 315 g/mol. The first-order valence-electron chi connectivity index (χ1n) is 6.67. The second kappa shape index (κ2) is 5.98. The van der Waals surface area contributed by atoms with Crippen molar-refractivity contribution < 1.29 is 0 Å². The van der Waals surface area contributed by atoms with Gasteiger partial charge in [0.25, 0.3) is 0 Å². The van der Waals surface area contributed by atoms with Crippen molar-refractivity contribution in [1.82, 2.24) is 4.98 Å². The van der Waals surface area contributed by atoms with Gasteiger partial charge in [-0.2, -0.15) is 0 Å². The number of thiazole rings is 1. The van der Waals surface area contributed by atoms with Crippen LogP contribution in [0.2, 0.25) is 5.02 Å². The highest BCUT2D eigenvalue weighted by Gasteiger charge is 2.15. The summed E-state index contributed by atoms with van der Waals surface area (Å²) in [6.45, 7) is 2.07. The van der Waals surface area contributed by atoms with E-state index < -0.39 is 0 Å². The Balaban J connectivity index is 1.91. The maximum Gasteiger partial charge on any atom is 0.115 e. The Bertz CT molecular complexity index is 749. The zero-order valence-electron chi connectivity index (χ0n) is 11.6. The van der Waals surface area contributed by atoms with Crippen LogP contribution in [0.15, 0.2) is 53.9 Å². The van der Waals surface area contributed by atoms with Crippen LogP contribution in [0.4, 0.5) is 0 Å². The molecule has 21 heavy (non-hydrogen) atoms. The lowest BCUT2D eigenvalue weighted by atomic mass is 10.0. The molecule has 4 heteroatoms. The largest absolute Gasteiger partial charge is 0.318 e. The summed E-state index contributed by atoms with van der Waals surface area (Å²) in [4.78, 5) is 4.68. The van der Waals surface area contributed by atoms with Crippen LogP contribution in [0.1, 0.15) is 22.2 Å². The lowest BCUT2D eigenvalue weighted by Crippen LogP contribution is -2.12. The van der Waals surface area contributed by atoms with Crippen molar-refractivity contribution in [2.24, 2.45) is 5.73 Å². The summed E-state index contributed by atoms with van der Waals surface area (Å²) in [5.41, 5.74) is 10.7. The van der Waals surface area contributed by atoms with Crippen LogP contribution in [0.3, 0.4) is 0 Å². The molecule has 106 valence electrons. The van der Waals surface area contributed by atoms with E-state index >= 15 is 0 Å². The molecule has 2 aromatic carbocycles. The van der Waals surface area contributed by atoms with Crippen molar-refractivity contribution in [2.75, 3.05) is 0 Å². The van der Waals surface area contributed by atoms with Crippen LogP contribution < -0.4 is 5.73 Å². The summed E-state index contributed by atoms with van der Waals surface area (Å²) in [6.07, 6.45) is 0. The van der Waals surface area contributed by atoms with Crippen molar-refractivity contribution in [3.8, 4) is 11.3 Å². The first kappa shape index (κ1) is 14.3. The van der Waals surface area contributed by atoms with E-state index in [-0.39, 0.29) is 6.04 Å². The zero-order chi connectivity index (χ0) is 14.8. The van der Waals surface area contributed by atoms with Gasteiger partial charge in [0.15, 0.2) is 0 Å². The van der Waals surface area contributed by atoms with E-state index in [0.29, 0.717) is 0 Å². The number of halogens is 1. The van der Waals surface area contributed by atoms with Gasteiger partial charge in [0, 0.05) is 16.0 Å². The van der Waals surface area contributed by atoms with E-state index in [2.05, 4.69) is 24.0 Å². The predicted octanol–water partition coefficient (Wildman–Crippen LogP) is 4.82. The number of benzene rings is 2. The minimum absolute atomic E-state index is 0.183. The number of nitrogens with two attached hydrogens (primary N) is 1. The van der Waals surface area contributed by atoms with Crippen LogP contribution >= 0.6 is 22.9 Å². The highest BCUT2D eigenvalue weighted by atomic mass is 35.5. The molecule has 3 rings (SSSR count). The van der Waals surface area contributed by atoms with E-state index in [9.17, 15) is 0 Å². The molecule has 0 saturated heterocycles. The molecular weight excluding hydrogens is 300 g/mol. The molecule has 0 amide bonds. The quantitative estimate of drug-likeness (QED) is 0.752. The Labute approximate surface area is 133 Å². The molecule has 0 aliphatic heterocycles. The standard InChI is InChI=1S/C17H15ClN2S/c1-11-4-2-3-5-14(11)16(19)17-20-15(10-21-17)12-6-8-13(18)9-7-12/h2-10,16H,19H2,1H3. The maximum atomic E-state index is 6.36. The van der Waals surface area contributed by atoms with Gasteiger partial charge in [-0.3, -0.25) is 0 Å². The average Bonchev–Trinajstić information content (AvgIpc) is 2.98. The number of rotatable bonds is 3. The van der Waals surface area contributed by atoms with Crippen LogP contribution in [0.5, 0.6) is 0 Å². The van der Waals surface area contributed by atoms with Gasteiger partial charge in [0.2, 0.25) is 0 Å². The minimum atomic E-state index is -0.183. The fourth-order valence-corrected chi connectivity index (χ4v) is 3.22. The SMILES string of the molecule is Cc1ccccc1C(N)c1nc(-c2ccc(Cl)cc2)cs1. The summed E-state index contributed by atoms with van der Waals surface area (Å²) in [7, 11) is 0. The van der Waals surface area contributed by atoms with E-state index in [1.807, 2.05) is 41.8 Å². The second-order valence-corrected chi connectivity index (χ2v) is 6.24. The van der Waals surface area contributed by atoms with Gasteiger partial charge >= 0.3 is 0 Å². The van der Waals surface area contributed by atoms with Crippen molar-refractivity contribution in [1.29, 1.82) is 0 Å². The number of aryl methyl sites for hydroxylation is 1. The predicted molar refractivity (Wildman–Crippen MR) is 89.8 cm³/mol. The molecule has 1 aromatic heterocycles. The molecule has 1 heterocycles.